The van der Waals surface area contributed by atoms with Crippen LogP contribution in [0.1, 0.15) is 13.7 Å². The van der Waals surface area contributed by atoms with Gasteiger partial charge in [0.1, 0.15) is 11.2 Å². The zero-order valence-corrected chi connectivity index (χ0v) is 23.9. The summed E-state index contributed by atoms with van der Waals surface area (Å²) < 4.78 is 96.6. The molecule has 4 aromatic heterocycles. The van der Waals surface area contributed by atoms with E-state index in [2.05, 4.69) is 0 Å². The zero-order valence-electron chi connectivity index (χ0n) is 33.0. The average Bonchev–Trinajstić information content (AvgIpc) is 3.91. The van der Waals surface area contributed by atoms with E-state index in [1.807, 2.05) is 72.8 Å². The van der Waals surface area contributed by atoms with Crippen molar-refractivity contribution in [3.05, 3.63) is 133 Å². The van der Waals surface area contributed by atoms with Crippen molar-refractivity contribution in [3.8, 4) is 28.7 Å². The smallest absolute Gasteiger partial charge is 0.238 e. The quantitative estimate of drug-likeness (QED) is 0.201. The molecule has 0 unspecified atom stereocenters. The monoisotopic (exact) mass is 604 g/mol. The van der Waals surface area contributed by atoms with Gasteiger partial charge in [-0.15, -0.1) is 11.3 Å². The molecule has 0 atom stereocenters. The molecule has 10 aromatic rings. The van der Waals surface area contributed by atoms with E-state index in [0.717, 1.165) is 22.1 Å². The molecular formula is C39H22N4OS. The number of furan rings is 1. The molecule has 4 heterocycles. The van der Waals surface area contributed by atoms with Gasteiger partial charge in [0.05, 0.1) is 24.7 Å². The third-order valence-corrected chi connectivity index (χ3v) is 8.93. The maximum Gasteiger partial charge on any atom is 0.238 e. The van der Waals surface area contributed by atoms with Gasteiger partial charge >= 0.3 is 0 Å². The summed E-state index contributed by atoms with van der Waals surface area (Å²) in [6.45, 7) is 0. The molecule has 0 saturated carbocycles. The van der Waals surface area contributed by atoms with Gasteiger partial charge in [0.25, 0.3) is 0 Å². The summed E-state index contributed by atoms with van der Waals surface area (Å²) >= 11 is 0.949. The lowest BCUT2D eigenvalue weighted by atomic mass is 10.1. The molecule has 0 radical (unpaired) electrons. The molecule has 0 saturated heterocycles. The van der Waals surface area contributed by atoms with Crippen molar-refractivity contribution < 1.29 is 18.1 Å². The van der Waals surface area contributed by atoms with Gasteiger partial charge in [0.2, 0.25) is 5.95 Å². The topological polar surface area (TPSA) is 56.7 Å². The molecule has 0 amide bonds. The summed E-state index contributed by atoms with van der Waals surface area (Å²) in [6, 6.07) is 18.4. The third-order valence-electron chi connectivity index (χ3n) is 7.91. The fourth-order valence-corrected chi connectivity index (χ4v) is 6.84. The van der Waals surface area contributed by atoms with Gasteiger partial charge in [-0.1, -0.05) is 90.9 Å². The second-order valence-electron chi connectivity index (χ2n) is 10.5. The van der Waals surface area contributed by atoms with Gasteiger partial charge in [-0.05, 0) is 42.4 Å². The Morgan fingerprint density at radius 1 is 0.556 bits per heavy atom. The minimum atomic E-state index is -0.542. The summed E-state index contributed by atoms with van der Waals surface area (Å²) in [5.74, 6) is 0.382. The number of hydrogen-bond donors (Lipinski definition) is 0. The highest BCUT2D eigenvalue weighted by Gasteiger charge is 2.20. The highest BCUT2D eigenvalue weighted by atomic mass is 32.1. The van der Waals surface area contributed by atoms with Crippen molar-refractivity contribution in [2.24, 2.45) is 0 Å². The number of para-hydroxylation sites is 2. The summed E-state index contributed by atoms with van der Waals surface area (Å²) in [5.41, 5.74) is 2.47. The van der Waals surface area contributed by atoms with Crippen LogP contribution in [-0.2, 0) is 0 Å². The minimum absolute atomic E-state index is 0.00136. The van der Waals surface area contributed by atoms with Gasteiger partial charge < -0.3 is 4.42 Å². The van der Waals surface area contributed by atoms with Crippen LogP contribution in [0.4, 0.5) is 0 Å². The Kier molecular flexibility index (Phi) is 3.49. The number of benzene rings is 6. The highest BCUT2D eigenvalue weighted by Crippen LogP contribution is 2.40. The standard InChI is InChI=1S/C39H22N4OS/c1-2-10-23(11-3-1)37-40-38(24-18-19-27-26-13-5-8-16-33(26)44-34(27)20-24)42-39(41-37)43-31-15-7-4-12-25(31)29-21-30-28-14-6-9-17-35(28)45-36(30)22-32(29)43/h1-22H/i4D,6D,7D,9D,12D,14D,15D,17D,21D,22D. The fraction of sp³-hybridized carbons (Fsp3) is 0. The van der Waals surface area contributed by atoms with Crippen molar-refractivity contribution in [2.45, 2.75) is 0 Å². The second kappa shape index (κ2) is 9.32. The third kappa shape index (κ3) is 3.70. The predicted molar refractivity (Wildman–Crippen MR) is 185 cm³/mol. The van der Waals surface area contributed by atoms with Crippen LogP contribution in [0, 0.1) is 0 Å². The van der Waals surface area contributed by atoms with E-state index >= 15 is 0 Å². The van der Waals surface area contributed by atoms with E-state index in [1.165, 1.54) is 4.57 Å². The van der Waals surface area contributed by atoms with Crippen LogP contribution < -0.4 is 0 Å². The first-order valence-corrected chi connectivity index (χ1v) is 14.9. The molecule has 0 N–H and O–H groups in total. The first kappa shape index (κ1) is 16.9. The molecule has 0 aliphatic rings. The van der Waals surface area contributed by atoms with E-state index < -0.39 is 36.3 Å². The lowest BCUT2D eigenvalue weighted by molar-refractivity contribution is 0.669. The van der Waals surface area contributed by atoms with E-state index in [9.17, 15) is 2.74 Å². The van der Waals surface area contributed by atoms with E-state index in [4.69, 9.17) is 30.3 Å². The Labute approximate surface area is 274 Å². The summed E-state index contributed by atoms with van der Waals surface area (Å²) in [4.78, 5) is 14.6. The Morgan fingerprint density at radius 3 is 2.22 bits per heavy atom. The number of aromatic nitrogens is 4. The molecule has 0 fully saturated rings. The number of fused-ring (bicyclic) bond motifs is 9. The highest BCUT2D eigenvalue weighted by molar-refractivity contribution is 7.25. The Morgan fingerprint density at radius 2 is 1.31 bits per heavy atom. The van der Waals surface area contributed by atoms with Crippen LogP contribution in [0.5, 0.6) is 0 Å². The molecule has 5 nitrogen and oxygen atoms in total. The lowest BCUT2D eigenvalue weighted by Gasteiger charge is -2.11. The first-order valence-electron chi connectivity index (χ1n) is 19.1. The SMILES string of the molecule is [2H]c1c([2H])c([2H])c2c(sc3c([2H])c4c(c([2H])c32)c2c([2H])c([2H])c([2H])c([2H])c2n4-c2nc(-c3ccccc3)nc(-c3ccc4c(c3)oc3ccccc34)n2)c1[2H]. The molecule has 10 rings (SSSR count). The van der Waals surface area contributed by atoms with Crippen LogP contribution in [0.3, 0.4) is 0 Å². The zero-order chi connectivity index (χ0) is 38.2. The number of nitrogens with zero attached hydrogens (tertiary/aromatic N) is 4. The van der Waals surface area contributed by atoms with Crippen molar-refractivity contribution >= 4 is 75.3 Å². The van der Waals surface area contributed by atoms with Crippen molar-refractivity contribution in [1.29, 1.82) is 0 Å². The number of hydrogen-bond acceptors (Lipinski definition) is 5. The van der Waals surface area contributed by atoms with Crippen LogP contribution in [0.15, 0.2) is 138 Å². The van der Waals surface area contributed by atoms with Crippen LogP contribution in [0.25, 0.3) is 92.6 Å². The van der Waals surface area contributed by atoms with Gasteiger partial charge in [0, 0.05) is 52.8 Å². The van der Waals surface area contributed by atoms with Crippen LogP contribution in [0.2, 0.25) is 0 Å². The predicted octanol–water partition coefficient (Wildman–Crippen LogP) is 10.6. The normalized spacial score (nSPS) is 15.1. The molecule has 0 aliphatic heterocycles. The molecular weight excluding hydrogens is 573 g/mol. The Balaban J connectivity index is 1.37. The molecule has 0 spiro atoms. The molecule has 0 aliphatic carbocycles. The fourth-order valence-electron chi connectivity index (χ4n) is 5.87. The van der Waals surface area contributed by atoms with Crippen molar-refractivity contribution in [1.82, 2.24) is 19.5 Å². The molecule has 210 valence electrons. The maximum absolute atomic E-state index is 9.65. The first-order chi connectivity index (χ1) is 26.5. The lowest BCUT2D eigenvalue weighted by Crippen LogP contribution is -2.06. The maximum atomic E-state index is 9.65. The molecule has 0 bridgehead atoms. The van der Waals surface area contributed by atoms with E-state index in [1.54, 1.807) is 0 Å². The van der Waals surface area contributed by atoms with E-state index in [-0.39, 0.29) is 83.7 Å². The summed E-state index contributed by atoms with van der Waals surface area (Å²) in [5, 5.41) is 1.96. The van der Waals surface area contributed by atoms with Crippen molar-refractivity contribution in [2.75, 3.05) is 0 Å². The average molecular weight is 605 g/mol. The number of thiophene rings is 1. The molecule has 45 heavy (non-hydrogen) atoms. The molecule has 6 aromatic carbocycles. The van der Waals surface area contributed by atoms with Gasteiger partial charge in [-0.3, -0.25) is 4.57 Å². The largest absolute Gasteiger partial charge is 0.456 e. The Hall–Kier alpha value is -5.85. The van der Waals surface area contributed by atoms with Gasteiger partial charge in [-0.2, -0.15) is 9.97 Å². The van der Waals surface area contributed by atoms with Gasteiger partial charge in [0.15, 0.2) is 11.6 Å². The van der Waals surface area contributed by atoms with Crippen LogP contribution >= 0.6 is 11.3 Å². The molecule has 6 heteroatoms. The van der Waals surface area contributed by atoms with Gasteiger partial charge in [-0.25, -0.2) is 4.98 Å². The van der Waals surface area contributed by atoms with Crippen LogP contribution in [-0.4, -0.2) is 19.5 Å². The summed E-state index contributed by atoms with van der Waals surface area (Å²) in [6.07, 6.45) is 0. The van der Waals surface area contributed by atoms with E-state index in [0.29, 0.717) is 22.3 Å². The van der Waals surface area contributed by atoms with Crippen molar-refractivity contribution in [3.63, 3.8) is 0 Å². The summed E-state index contributed by atoms with van der Waals surface area (Å²) in [7, 11) is 0. The Bertz CT molecular complexity index is 3340. The number of rotatable bonds is 3. The second-order valence-corrected chi connectivity index (χ2v) is 11.5. The minimum Gasteiger partial charge on any atom is -0.456 e.